The SMILES string of the molecule is NC(=O)c1ncc(NC2CCCCC2N)nc1NC(=S)/C=C(\N)CO. The van der Waals surface area contributed by atoms with Gasteiger partial charge in [0, 0.05) is 17.8 Å². The molecule has 9 nitrogen and oxygen atoms in total. The first-order valence-electron chi connectivity index (χ1n) is 7.97. The summed E-state index contributed by atoms with van der Waals surface area (Å²) in [4.78, 5) is 20.1. The molecule has 1 aromatic rings. The van der Waals surface area contributed by atoms with E-state index in [0.717, 1.165) is 25.7 Å². The summed E-state index contributed by atoms with van der Waals surface area (Å²) in [5.41, 5.74) is 17.1. The van der Waals surface area contributed by atoms with Crippen LogP contribution in [0.1, 0.15) is 36.2 Å². The molecule has 1 aromatic heterocycles. The summed E-state index contributed by atoms with van der Waals surface area (Å²) < 4.78 is 0. The normalized spacial score (nSPS) is 20.8. The number of nitrogens with one attached hydrogen (secondary N) is 2. The number of nitrogens with two attached hydrogens (primary N) is 3. The summed E-state index contributed by atoms with van der Waals surface area (Å²) in [6.07, 6.45) is 6.90. The number of anilines is 2. The van der Waals surface area contributed by atoms with Crippen LogP contribution in [0.3, 0.4) is 0 Å². The van der Waals surface area contributed by atoms with Crippen molar-refractivity contribution >= 4 is 34.7 Å². The van der Waals surface area contributed by atoms with Crippen LogP contribution in [0.15, 0.2) is 18.0 Å². The third-order valence-corrected chi connectivity index (χ3v) is 4.12. The number of carbonyl (C=O) groups excluding carboxylic acids is 1. The van der Waals surface area contributed by atoms with Gasteiger partial charge in [0.2, 0.25) is 0 Å². The molecule has 136 valence electrons. The summed E-state index contributed by atoms with van der Waals surface area (Å²) in [5.74, 6) is -0.150. The van der Waals surface area contributed by atoms with Gasteiger partial charge < -0.3 is 32.9 Å². The number of primary amides is 1. The molecule has 1 amide bonds. The minimum Gasteiger partial charge on any atom is -0.400 e. The van der Waals surface area contributed by atoms with E-state index in [4.69, 9.17) is 34.5 Å². The van der Waals surface area contributed by atoms with Gasteiger partial charge in [0.15, 0.2) is 11.5 Å². The minimum absolute atomic E-state index is 0.0381. The van der Waals surface area contributed by atoms with Crippen molar-refractivity contribution in [3.8, 4) is 0 Å². The average molecular weight is 365 g/mol. The molecule has 2 rings (SSSR count). The van der Waals surface area contributed by atoms with Crippen LogP contribution in [0.25, 0.3) is 0 Å². The van der Waals surface area contributed by atoms with Gasteiger partial charge in [-0.25, -0.2) is 9.97 Å². The molecule has 1 heterocycles. The van der Waals surface area contributed by atoms with Gasteiger partial charge >= 0.3 is 0 Å². The largest absolute Gasteiger partial charge is 0.400 e. The maximum Gasteiger partial charge on any atom is 0.271 e. The first-order valence-corrected chi connectivity index (χ1v) is 8.38. The molecule has 1 fully saturated rings. The molecule has 0 saturated heterocycles. The molecule has 1 aliphatic carbocycles. The molecule has 0 spiro atoms. The molecule has 0 bridgehead atoms. The Morgan fingerprint density at radius 2 is 2.12 bits per heavy atom. The highest BCUT2D eigenvalue weighted by Crippen LogP contribution is 2.21. The van der Waals surface area contributed by atoms with E-state index in [9.17, 15) is 4.79 Å². The second-order valence-corrected chi connectivity index (χ2v) is 6.32. The van der Waals surface area contributed by atoms with Crippen LogP contribution in [-0.4, -0.2) is 44.7 Å². The van der Waals surface area contributed by atoms with Gasteiger partial charge in [-0.1, -0.05) is 25.1 Å². The number of aliphatic hydroxyl groups is 1. The second kappa shape index (κ2) is 8.70. The van der Waals surface area contributed by atoms with Crippen molar-refractivity contribution in [3.05, 3.63) is 23.7 Å². The van der Waals surface area contributed by atoms with E-state index in [1.807, 2.05) is 0 Å². The van der Waals surface area contributed by atoms with Gasteiger partial charge in [0.25, 0.3) is 5.91 Å². The van der Waals surface area contributed by atoms with Crippen molar-refractivity contribution in [1.29, 1.82) is 0 Å². The van der Waals surface area contributed by atoms with Gasteiger partial charge in [-0.3, -0.25) is 4.79 Å². The number of rotatable bonds is 6. The molecule has 0 radical (unpaired) electrons. The molecular weight excluding hydrogens is 342 g/mol. The summed E-state index contributed by atoms with van der Waals surface area (Å²) in [5, 5.41) is 15.0. The smallest absolute Gasteiger partial charge is 0.271 e. The Hall–Kier alpha value is -2.30. The summed E-state index contributed by atoms with van der Waals surface area (Å²) in [6, 6.07) is 0.128. The lowest BCUT2D eigenvalue weighted by Crippen LogP contribution is -2.42. The minimum atomic E-state index is -0.738. The zero-order valence-corrected chi connectivity index (χ0v) is 14.6. The van der Waals surface area contributed by atoms with E-state index in [-0.39, 0.29) is 40.9 Å². The predicted molar refractivity (Wildman–Crippen MR) is 100.0 cm³/mol. The van der Waals surface area contributed by atoms with Gasteiger partial charge in [-0.2, -0.15) is 0 Å². The lowest BCUT2D eigenvalue weighted by atomic mass is 9.91. The van der Waals surface area contributed by atoms with E-state index in [2.05, 4.69) is 20.6 Å². The molecule has 25 heavy (non-hydrogen) atoms. The maximum absolute atomic E-state index is 11.6. The predicted octanol–water partition coefficient (Wildman–Crippen LogP) is -0.168. The fraction of sp³-hybridized carbons (Fsp3) is 0.467. The number of hydrogen-bond acceptors (Lipinski definition) is 8. The second-order valence-electron chi connectivity index (χ2n) is 5.88. The molecule has 9 N–H and O–H groups in total. The lowest BCUT2D eigenvalue weighted by molar-refractivity contribution is 0.0996. The van der Waals surface area contributed by atoms with Crippen LogP contribution in [0.4, 0.5) is 11.6 Å². The Bertz CT molecular complexity index is 680. The summed E-state index contributed by atoms with van der Waals surface area (Å²) in [7, 11) is 0. The average Bonchev–Trinajstić information content (AvgIpc) is 2.56. The number of aromatic nitrogens is 2. The standard InChI is InChI=1S/C15H23N7O2S/c16-8(7-23)5-12(25)22-15-13(14(18)24)19-6-11(21-15)20-10-4-2-1-3-9(10)17/h5-6,9-10,23H,1-4,7,16-17H2,(H2,18,24)(H2,20,21,22,25)/b8-5-. The van der Waals surface area contributed by atoms with Gasteiger partial charge in [-0.05, 0) is 18.9 Å². The van der Waals surface area contributed by atoms with Crippen molar-refractivity contribution in [2.75, 3.05) is 17.2 Å². The molecule has 10 heteroatoms. The number of nitrogens with zero attached hydrogens (tertiary/aromatic N) is 2. The fourth-order valence-corrected chi connectivity index (χ4v) is 2.87. The van der Waals surface area contributed by atoms with Gasteiger partial charge in [0.05, 0.1) is 12.8 Å². The Balaban J connectivity index is 2.20. The van der Waals surface area contributed by atoms with Crippen molar-refractivity contribution in [3.63, 3.8) is 0 Å². The fourth-order valence-electron chi connectivity index (χ4n) is 2.62. The zero-order chi connectivity index (χ0) is 18.4. The highest BCUT2D eigenvalue weighted by Gasteiger charge is 2.22. The van der Waals surface area contributed by atoms with Crippen LogP contribution < -0.4 is 27.8 Å². The van der Waals surface area contributed by atoms with E-state index in [1.165, 1.54) is 12.3 Å². The van der Waals surface area contributed by atoms with Crippen LogP contribution in [0, 0.1) is 0 Å². The van der Waals surface area contributed by atoms with Crippen molar-refractivity contribution < 1.29 is 9.90 Å². The maximum atomic E-state index is 11.6. The van der Waals surface area contributed by atoms with Crippen molar-refractivity contribution in [1.82, 2.24) is 9.97 Å². The van der Waals surface area contributed by atoms with Gasteiger partial charge in [-0.15, -0.1) is 0 Å². The molecule has 2 atom stereocenters. The Kier molecular flexibility index (Phi) is 6.62. The Morgan fingerprint density at radius 3 is 2.76 bits per heavy atom. The number of amides is 1. The molecule has 1 aliphatic rings. The number of hydrogen-bond donors (Lipinski definition) is 6. The van der Waals surface area contributed by atoms with Crippen LogP contribution in [0.5, 0.6) is 0 Å². The third kappa shape index (κ3) is 5.34. The van der Waals surface area contributed by atoms with Crippen molar-refractivity contribution in [2.24, 2.45) is 17.2 Å². The van der Waals surface area contributed by atoms with E-state index in [1.54, 1.807) is 0 Å². The molecule has 2 unspecified atom stereocenters. The highest BCUT2D eigenvalue weighted by atomic mass is 32.1. The zero-order valence-electron chi connectivity index (χ0n) is 13.7. The van der Waals surface area contributed by atoms with E-state index in [0.29, 0.717) is 5.82 Å². The van der Waals surface area contributed by atoms with Crippen LogP contribution >= 0.6 is 12.2 Å². The van der Waals surface area contributed by atoms with E-state index >= 15 is 0 Å². The topological polar surface area (TPSA) is 165 Å². The monoisotopic (exact) mass is 365 g/mol. The van der Waals surface area contributed by atoms with Crippen LogP contribution in [-0.2, 0) is 0 Å². The molecule has 0 aromatic carbocycles. The number of aliphatic hydroxyl groups excluding tert-OH is 1. The third-order valence-electron chi connectivity index (χ3n) is 3.90. The summed E-state index contributed by atoms with van der Waals surface area (Å²) >= 11 is 5.11. The first-order chi connectivity index (χ1) is 11.9. The Morgan fingerprint density at radius 1 is 1.40 bits per heavy atom. The molecule has 1 saturated carbocycles. The quantitative estimate of drug-likeness (QED) is 0.296. The molecular formula is C15H23N7O2S. The number of carbonyl (C=O) groups is 1. The first kappa shape index (κ1) is 19.0. The highest BCUT2D eigenvalue weighted by molar-refractivity contribution is 7.81. The lowest BCUT2D eigenvalue weighted by Gasteiger charge is -2.29. The van der Waals surface area contributed by atoms with Crippen molar-refractivity contribution in [2.45, 2.75) is 37.8 Å². The number of thiocarbonyl (C=S) groups is 1. The molecule has 0 aliphatic heterocycles. The van der Waals surface area contributed by atoms with Gasteiger partial charge in [0.1, 0.15) is 10.8 Å². The Labute approximate surface area is 151 Å². The van der Waals surface area contributed by atoms with Crippen LogP contribution in [0.2, 0.25) is 0 Å². The van der Waals surface area contributed by atoms with E-state index < -0.39 is 5.91 Å². The summed E-state index contributed by atoms with van der Waals surface area (Å²) in [6.45, 7) is -0.336.